The molecule has 2 aliphatic rings. The monoisotopic (exact) mass is 525 g/mol. The Balaban J connectivity index is 1.81. The van der Waals surface area contributed by atoms with E-state index in [-0.39, 0.29) is 51.0 Å². The zero-order chi connectivity index (χ0) is 26.0. The topological polar surface area (TPSA) is 126 Å². The van der Waals surface area contributed by atoms with Gasteiger partial charge in [-0.15, -0.1) is 10.2 Å². The Labute approximate surface area is 205 Å². The first-order chi connectivity index (χ1) is 16.7. The van der Waals surface area contributed by atoms with E-state index in [1.165, 1.54) is 19.1 Å². The molecule has 1 aliphatic heterocycles. The molecule has 0 spiro atoms. The molecule has 5 rings (SSSR count). The summed E-state index contributed by atoms with van der Waals surface area (Å²) >= 11 is 0. The van der Waals surface area contributed by atoms with Gasteiger partial charge in [-0.1, -0.05) is 0 Å². The van der Waals surface area contributed by atoms with Crippen molar-refractivity contribution in [3.63, 3.8) is 0 Å². The number of sulfonamides is 1. The first kappa shape index (κ1) is 24.8. The van der Waals surface area contributed by atoms with E-state index >= 15 is 0 Å². The maximum Gasteiger partial charge on any atom is 0.451 e. The van der Waals surface area contributed by atoms with Crippen LogP contribution in [0.15, 0.2) is 21.4 Å². The average Bonchev–Trinajstić information content (AvgIpc) is 3.32. The number of nitrogens with one attached hydrogen (secondary N) is 2. The number of rotatable bonds is 5. The number of benzene rings is 1. The van der Waals surface area contributed by atoms with Crippen LogP contribution in [0, 0.1) is 6.92 Å². The molecule has 10 nitrogen and oxygen atoms in total. The molecule has 1 saturated heterocycles. The molecule has 0 amide bonds. The summed E-state index contributed by atoms with van der Waals surface area (Å²) in [7, 11) is -4.00. The summed E-state index contributed by atoms with van der Waals surface area (Å²) in [6.07, 6.45) is -3.46. The maximum absolute atomic E-state index is 13.9. The lowest BCUT2D eigenvalue weighted by Crippen LogP contribution is -2.54. The second-order valence-electron chi connectivity index (χ2n) is 9.90. The van der Waals surface area contributed by atoms with Crippen LogP contribution in [0.25, 0.3) is 22.5 Å². The summed E-state index contributed by atoms with van der Waals surface area (Å²) < 4.78 is 76.4. The third-order valence-corrected chi connectivity index (χ3v) is 7.94. The molecule has 3 aromatic rings. The molecule has 0 bridgehead atoms. The minimum Gasteiger partial charge on any atom is -0.420 e. The first-order valence-electron chi connectivity index (χ1n) is 11.5. The highest BCUT2D eigenvalue weighted by Gasteiger charge is 2.42. The standard InChI is InChI=1S/C22H26F3N7O3S/c1-11-9-32(10-12(2)26-11)16-8-14(36(33,34)31-21(4)5-6-21)7-15-17(16)27-20(22(23,24)25)28-18(15)19-30-29-13(3)35-19/h7-8,11-12,26,31H,5-6,9-10H2,1-4H3/t11-,12-/m0/s1. The Morgan fingerprint density at radius 2 is 1.81 bits per heavy atom. The lowest BCUT2D eigenvalue weighted by molar-refractivity contribution is -0.144. The van der Waals surface area contributed by atoms with E-state index in [4.69, 9.17) is 4.42 Å². The van der Waals surface area contributed by atoms with Crippen LogP contribution in [0.2, 0.25) is 0 Å². The van der Waals surface area contributed by atoms with Crippen molar-refractivity contribution >= 4 is 26.6 Å². The highest BCUT2D eigenvalue weighted by molar-refractivity contribution is 7.89. The van der Waals surface area contributed by atoms with Crippen LogP contribution in [-0.4, -0.2) is 59.3 Å². The highest BCUT2D eigenvalue weighted by atomic mass is 32.2. The van der Waals surface area contributed by atoms with Gasteiger partial charge in [0, 0.05) is 43.0 Å². The molecule has 2 N–H and O–H groups in total. The molecule has 2 aromatic heterocycles. The lowest BCUT2D eigenvalue weighted by atomic mass is 10.1. The van der Waals surface area contributed by atoms with Gasteiger partial charge in [-0.2, -0.15) is 13.2 Å². The van der Waals surface area contributed by atoms with E-state index in [1.807, 2.05) is 18.7 Å². The number of aryl methyl sites for hydroxylation is 1. The van der Waals surface area contributed by atoms with E-state index in [2.05, 4.69) is 30.2 Å². The fourth-order valence-corrected chi connectivity index (χ4v) is 5.97. The number of nitrogens with zero attached hydrogens (tertiary/aromatic N) is 5. The van der Waals surface area contributed by atoms with E-state index in [0.717, 1.165) is 0 Å². The number of piperazine rings is 1. The molecule has 1 saturated carbocycles. The molecule has 2 fully saturated rings. The van der Waals surface area contributed by atoms with Gasteiger partial charge >= 0.3 is 6.18 Å². The Bertz CT molecular complexity index is 1430. The molecule has 194 valence electrons. The van der Waals surface area contributed by atoms with Crippen molar-refractivity contribution in [2.24, 2.45) is 0 Å². The van der Waals surface area contributed by atoms with Gasteiger partial charge < -0.3 is 14.6 Å². The number of hydrogen-bond acceptors (Lipinski definition) is 9. The van der Waals surface area contributed by atoms with E-state index in [9.17, 15) is 21.6 Å². The van der Waals surface area contributed by atoms with Crippen molar-refractivity contribution in [3.05, 3.63) is 23.8 Å². The number of aromatic nitrogens is 4. The molecule has 3 heterocycles. The van der Waals surface area contributed by atoms with Crippen LogP contribution in [0.4, 0.5) is 18.9 Å². The largest absolute Gasteiger partial charge is 0.451 e. The summed E-state index contributed by atoms with van der Waals surface area (Å²) in [5.74, 6) is -1.50. The number of halogens is 3. The Kier molecular flexibility index (Phi) is 5.76. The van der Waals surface area contributed by atoms with Crippen molar-refractivity contribution in [1.29, 1.82) is 0 Å². The third-order valence-electron chi connectivity index (χ3n) is 6.33. The van der Waals surface area contributed by atoms with Gasteiger partial charge in [0.25, 0.3) is 5.89 Å². The van der Waals surface area contributed by atoms with Gasteiger partial charge in [0.05, 0.1) is 16.1 Å². The van der Waals surface area contributed by atoms with Crippen molar-refractivity contribution in [3.8, 4) is 11.6 Å². The second-order valence-corrected chi connectivity index (χ2v) is 11.6. The summed E-state index contributed by atoms with van der Waals surface area (Å²) in [6.45, 7) is 8.07. The van der Waals surface area contributed by atoms with Crippen molar-refractivity contribution in [1.82, 2.24) is 30.2 Å². The van der Waals surface area contributed by atoms with Crippen LogP contribution >= 0.6 is 0 Å². The fraction of sp³-hybridized carbons (Fsp3) is 0.545. The van der Waals surface area contributed by atoms with Gasteiger partial charge in [0.15, 0.2) is 0 Å². The van der Waals surface area contributed by atoms with Crippen LogP contribution in [0.1, 0.15) is 45.3 Å². The summed E-state index contributed by atoms with van der Waals surface area (Å²) in [4.78, 5) is 9.33. The predicted octanol–water partition coefficient (Wildman–Crippen LogP) is 3.02. The van der Waals surface area contributed by atoms with Crippen LogP contribution in [0.5, 0.6) is 0 Å². The minimum absolute atomic E-state index is 0.00884. The van der Waals surface area contributed by atoms with E-state index in [0.29, 0.717) is 25.9 Å². The first-order valence-corrected chi connectivity index (χ1v) is 13.0. The highest BCUT2D eigenvalue weighted by Crippen LogP contribution is 2.40. The van der Waals surface area contributed by atoms with Gasteiger partial charge in [-0.3, -0.25) is 0 Å². The van der Waals surface area contributed by atoms with E-state index in [1.54, 1.807) is 6.92 Å². The minimum atomic E-state index is -4.85. The molecular weight excluding hydrogens is 499 g/mol. The Morgan fingerprint density at radius 3 is 2.36 bits per heavy atom. The van der Waals surface area contributed by atoms with Crippen LogP contribution < -0.4 is 14.9 Å². The van der Waals surface area contributed by atoms with Gasteiger partial charge in [-0.25, -0.2) is 23.1 Å². The summed E-state index contributed by atoms with van der Waals surface area (Å²) in [6, 6.07) is 2.68. The molecule has 1 aromatic carbocycles. The Morgan fingerprint density at radius 1 is 1.14 bits per heavy atom. The molecule has 1 aliphatic carbocycles. The maximum atomic E-state index is 13.9. The molecule has 14 heteroatoms. The van der Waals surface area contributed by atoms with Crippen molar-refractivity contribution in [2.45, 2.75) is 69.2 Å². The van der Waals surface area contributed by atoms with Gasteiger partial charge in [0.2, 0.25) is 21.7 Å². The number of alkyl halides is 3. The molecule has 0 unspecified atom stereocenters. The normalized spacial score (nSPS) is 22.2. The number of fused-ring (bicyclic) bond motifs is 1. The smallest absolute Gasteiger partial charge is 0.420 e. The summed E-state index contributed by atoms with van der Waals surface area (Å²) in [5.41, 5.74) is -0.602. The zero-order valence-electron chi connectivity index (χ0n) is 20.1. The molecule has 2 atom stereocenters. The SMILES string of the molecule is Cc1nnc(-c2nc(C(F)(F)F)nc3c(N4C[C@H](C)N[C@@H](C)C4)cc(S(=O)(=O)NC4(C)CC4)cc23)o1. The number of anilines is 1. The van der Waals surface area contributed by atoms with E-state index < -0.39 is 27.6 Å². The summed E-state index contributed by atoms with van der Waals surface area (Å²) in [5, 5.41) is 11.0. The lowest BCUT2D eigenvalue weighted by Gasteiger charge is -2.38. The Hall–Kier alpha value is -2.84. The second kappa shape index (κ2) is 8.35. The average molecular weight is 526 g/mol. The molecule has 36 heavy (non-hydrogen) atoms. The van der Waals surface area contributed by atoms with Crippen molar-refractivity contribution < 1.29 is 26.0 Å². The van der Waals surface area contributed by atoms with Crippen LogP contribution in [-0.2, 0) is 16.2 Å². The van der Waals surface area contributed by atoms with Gasteiger partial charge in [-0.05, 0) is 45.7 Å². The third kappa shape index (κ3) is 4.76. The molecule has 0 radical (unpaired) electrons. The van der Waals surface area contributed by atoms with Crippen LogP contribution in [0.3, 0.4) is 0 Å². The van der Waals surface area contributed by atoms with Gasteiger partial charge in [0.1, 0.15) is 5.69 Å². The van der Waals surface area contributed by atoms with Crippen molar-refractivity contribution in [2.75, 3.05) is 18.0 Å². The predicted molar refractivity (Wildman–Crippen MR) is 125 cm³/mol. The quantitative estimate of drug-likeness (QED) is 0.517. The molecular formula is C22H26F3N7O3S. The number of hydrogen-bond donors (Lipinski definition) is 2. The zero-order valence-corrected chi connectivity index (χ0v) is 21.0. The fourth-order valence-electron chi connectivity index (χ4n) is 4.46.